The predicted octanol–water partition coefficient (Wildman–Crippen LogP) is 2.61. The van der Waals surface area contributed by atoms with Crippen molar-refractivity contribution in [2.75, 3.05) is 6.61 Å². The minimum Gasteiger partial charge on any atom is -0.489 e. The van der Waals surface area contributed by atoms with Crippen LogP contribution in [0.2, 0.25) is 0 Å². The second-order valence-electron chi connectivity index (χ2n) is 3.99. The summed E-state index contributed by atoms with van der Waals surface area (Å²) in [6, 6.07) is 2.09. The molecular weight excluding hydrogens is 272 g/mol. The number of ether oxygens (including phenoxy) is 1. The van der Waals surface area contributed by atoms with E-state index < -0.39 is 0 Å². The minimum absolute atomic E-state index is 0.203. The first-order valence-electron chi connectivity index (χ1n) is 5.07. The van der Waals surface area contributed by atoms with E-state index in [1.807, 2.05) is 18.7 Å². The van der Waals surface area contributed by atoms with Crippen LogP contribution in [0.1, 0.15) is 22.9 Å². The Hall–Kier alpha value is -1.23. The van der Waals surface area contributed by atoms with Gasteiger partial charge in [-0.3, -0.25) is 4.68 Å². The second-order valence-corrected chi connectivity index (χ2v) is 4.71. The monoisotopic (exact) mass is 282 g/mol. The number of aromatic nitrogens is 2. The molecule has 1 aliphatic rings. The Morgan fingerprint density at radius 3 is 3.06 bits per heavy atom. The molecule has 0 bridgehead atoms. The lowest BCUT2D eigenvalue weighted by Crippen LogP contribution is -2.08. The van der Waals surface area contributed by atoms with Crippen molar-refractivity contribution in [3.8, 4) is 5.75 Å². The van der Waals surface area contributed by atoms with Crippen LogP contribution in [0.5, 0.6) is 5.75 Å². The molecule has 1 aliphatic heterocycles. The topological polar surface area (TPSA) is 40.2 Å². The van der Waals surface area contributed by atoms with Gasteiger partial charge in [0.05, 0.1) is 17.2 Å². The summed E-state index contributed by atoms with van der Waals surface area (Å²) in [6.45, 7) is 2.64. The van der Waals surface area contributed by atoms with Gasteiger partial charge in [-0.2, -0.15) is 5.10 Å². The number of halogens is 1. The zero-order valence-electron chi connectivity index (χ0n) is 9.03. The fraction of sp³-hybridized carbons (Fsp3) is 0.364. The van der Waals surface area contributed by atoms with Crippen molar-refractivity contribution in [3.63, 3.8) is 0 Å². The maximum absolute atomic E-state index is 5.59. The van der Waals surface area contributed by atoms with Crippen molar-refractivity contribution in [3.05, 3.63) is 34.0 Å². The molecule has 0 aliphatic carbocycles. The number of aryl methyl sites for hydroxylation is 2. The molecule has 0 saturated carbocycles. The molecule has 0 radical (unpaired) electrons. The van der Waals surface area contributed by atoms with Crippen LogP contribution in [0, 0.1) is 6.92 Å². The molecule has 2 aromatic heterocycles. The molecule has 1 atom stereocenters. The number of hydrogen-bond donors (Lipinski definition) is 0. The third-order valence-electron chi connectivity index (χ3n) is 2.90. The predicted molar refractivity (Wildman–Crippen MR) is 61.7 cm³/mol. The Kier molecular flexibility index (Phi) is 2.10. The molecule has 84 valence electrons. The molecule has 0 fully saturated rings. The third kappa shape index (κ3) is 1.31. The van der Waals surface area contributed by atoms with E-state index >= 15 is 0 Å². The highest BCUT2D eigenvalue weighted by Gasteiger charge is 2.32. The quantitative estimate of drug-likeness (QED) is 0.807. The number of furan rings is 1. The van der Waals surface area contributed by atoms with E-state index in [9.17, 15) is 0 Å². The Labute approximate surface area is 101 Å². The number of hydrogen-bond acceptors (Lipinski definition) is 3. The number of nitrogens with zero attached hydrogens (tertiary/aromatic N) is 2. The molecule has 0 aromatic carbocycles. The Balaban J connectivity index is 2.10. The van der Waals surface area contributed by atoms with Crippen molar-refractivity contribution < 1.29 is 9.15 Å². The molecular formula is C11H11BrN2O2. The summed E-state index contributed by atoms with van der Waals surface area (Å²) in [5.41, 5.74) is 3.26. The van der Waals surface area contributed by atoms with Gasteiger partial charge in [0.2, 0.25) is 0 Å². The third-order valence-corrected chi connectivity index (χ3v) is 3.51. The molecule has 2 aromatic rings. The lowest BCUT2D eigenvalue weighted by atomic mass is 10.0. The zero-order chi connectivity index (χ0) is 11.3. The first-order valence-corrected chi connectivity index (χ1v) is 5.86. The van der Waals surface area contributed by atoms with Crippen LogP contribution < -0.4 is 4.74 Å². The van der Waals surface area contributed by atoms with Crippen LogP contribution in [0.25, 0.3) is 0 Å². The highest BCUT2D eigenvalue weighted by atomic mass is 79.9. The second kappa shape index (κ2) is 3.38. The molecule has 1 unspecified atom stereocenters. The van der Waals surface area contributed by atoms with Crippen LogP contribution >= 0.6 is 15.9 Å². The summed E-state index contributed by atoms with van der Waals surface area (Å²) in [6.07, 6.45) is 1.64. The summed E-state index contributed by atoms with van der Waals surface area (Å²) in [7, 11) is 1.95. The van der Waals surface area contributed by atoms with E-state index in [1.165, 1.54) is 0 Å². The van der Waals surface area contributed by atoms with Crippen LogP contribution in [0.4, 0.5) is 0 Å². The summed E-state index contributed by atoms with van der Waals surface area (Å²) >= 11 is 3.41. The van der Waals surface area contributed by atoms with Crippen molar-refractivity contribution >= 4 is 15.9 Å². The van der Waals surface area contributed by atoms with Gasteiger partial charge >= 0.3 is 0 Å². The van der Waals surface area contributed by atoms with Gasteiger partial charge in [-0.1, -0.05) is 0 Å². The van der Waals surface area contributed by atoms with Gasteiger partial charge in [-0.25, -0.2) is 0 Å². The molecule has 3 heterocycles. The average molecular weight is 283 g/mol. The van der Waals surface area contributed by atoms with Crippen LogP contribution in [0.15, 0.2) is 21.4 Å². The van der Waals surface area contributed by atoms with Crippen molar-refractivity contribution in [2.45, 2.75) is 12.8 Å². The maximum atomic E-state index is 5.59. The SMILES string of the molecule is Cc1cc(C2COc3coc(Br)c32)n(C)n1. The van der Waals surface area contributed by atoms with Crippen molar-refractivity contribution in [1.29, 1.82) is 0 Å². The Morgan fingerprint density at radius 2 is 2.38 bits per heavy atom. The molecule has 0 saturated heterocycles. The standard InChI is InChI=1S/C11H11BrN2O2/c1-6-3-8(14(2)13-6)7-4-15-9-5-16-11(12)10(7)9/h3,5,7H,4H2,1-2H3. The first kappa shape index (κ1) is 9.96. The van der Waals surface area contributed by atoms with E-state index in [-0.39, 0.29) is 5.92 Å². The summed E-state index contributed by atoms with van der Waals surface area (Å²) < 4.78 is 13.5. The van der Waals surface area contributed by atoms with Gasteiger partial charge in [0, 0.05) is 12.7 Å². The average Bonchev–Trinajstić information content (AvgIpc) is 2.85. The summed E-state index contributed by atoms with van der Waals surface area (Å²) in [5.74, 6) is 1.03. The normalized spacial score (nSPS) is 18.6. The summed E-state index contributed by atoms with van der Waals surface area (Å²) in [4.78, 5) is 0. The fourth-order valence-corrected chi connectivity index (χ4v) is 2.76. The van der Waals surface area contributed by atoms with Crippen LogP contribution in [-0.2, 0) is 7.05 Å². The molecule has 0 N–H and O–H groups in total. The Bertz CT molecular complexity index is 544. The largest absolute Gasteiger partial charge is 0.489 e. The van der Waals surface area contributed by atoms with Crippen LogP contribution in [-0.4, -0.2) is 16.4 Å². The van der Waals surface area contributed by atoms with E-state index in [2.05, 4.69) is 27.1 Å². The Morgan fingerprint density at radius 1 is 1.56 bits per heavy atom. The van der Waals surface area contributed by atoms with E-state index in [1.54, 1.807) is 6.26 Å². The summed E-state index contributed by atoms with van der Waals surface area (Å²) in [5, 5.41) is 4.36. The van der Waals surface area contributed by atoms with E-state index in [0.29, 0.717) is 6.61 Å². The fourth-order valence-electron chi connectivity index (χ4n) is 2.20. The minimum atomic E-state index is 0.203. The first-order chi connectivity index (χ1) is 7.66. The highest BCUT2D eigenvalue weighted by Crippen LogP contribution is 2.43. The molecule has 5 heteroatoms. The van der Waals surface area contributed by atoms with Crippen LogP contribution in [0.3, 0.4) is 0 Å². The lowest BCUT2D eigenvalue weighted by molar-refractivity contribution is 0.327. The van der Waals surface area contributed by atoms with Gasteiger partial charge in [-0.15, -0.1) is 0 Å². The van der Waals surface area contributed by atoms with Gasteiger partial charge in [0.1, 0.15) is 12.9 Å². The zero-order valence-corrected chi connectivity index (χ0v) is 10.6. The molecule has 3 rings (SSSR count). The van der Waals surface area contributed by atoms with E-state index in [4.69, 9.17) is 9.15 Å². The molecule has 16 heavy (non-hydrogen) atoms. The lowest BCUT2D eigenvalue weighted by Gasteiger charge is -2.08. The molecule has 0 spiro atoms. The van der Waals surface area contributed by atoms with Gasteiger partial charge in [-0.05, 0) is 28.9 Å². The highest BCUT2D eigenvalue weighted by molar-refractivity contribution is 9.10. The van der Waals surface area contributed by atoms with E-state index in [0.717, 1.165) is 27.4 Å². The van der Waals surface area contributed by atoms with Gasteiger partial charge < -0.3 is 9.15 Å². The van der Waals surface area contributed by atoms with Crippen molar-refractivity contribution in [1.82, 2.24) is 9.78 Å². The molecule has 0 amide bonds. The molecule has 4 nitrogen and oxygen atoms in total. The number of fused-ring (bicyclic) bond motifs is 1. The van der Waals surface area contributed by atoms with Crippen molar-refractivity contribution in [2.24, 2.45) is 7.05 Å². The van der Waals surface area contributed by atoms with Gasteiger partial charge in [0.15, 0.2) is 10.4 Å². The van der Waals surface area contributed by atoms with Gasteiger partial charge in [0.25, 0.3) is 0 Å². The maximum Gasteiger partial charge on any atom is 0.176 e. The smallest absolute Gasteiger partial charge is 0.176 e. The number of rotatable bonds is 1.